The zero-order valence-corrected chi connectivity index (χ0v) is 31.6. The lowest BCUT2D eigenvalue weighted by atomic mass is 9.78. The van der Waals surface area contributed by atoms with Gasteiger partial charge in [-0.3, -0.25) is 33.6 Å². The summed E-state index contributed by atoms with van der Waals surface area (Å²) in [6.07, 6.45) is 14.2. The summed E-state index contributed by atoms with van der Waals surface area (Å²) in [4.78, 5) is 86.4. The number of aliphatic carboxylic acids is 3. The molecule has 4 amide bonds. The van der Waals surface area contributed by atoms with Crippen LogP contribution in [0.25, 0.3) is 10.8 Å². The second kappa shape index (κ2) is 21.6. The van der Waals surface area contributed by atoms with Crippen LogP contribution in [0.3, 0.4) is 0 Å². The number of hydrogen-bond donors (Lipinski definition) is 7. The molecule has 0 aliphatic heterocycles. The van der Waals surface area contributed by atoms with E-state index < -0.39 is 65.3 Å². The summed E-state index contributed by atoms with van der Waals surface area (Å²) in [5.74, 6) is -11.0. The minimum absolute atomic E-state index is 0.0252. The van der Waals surface area contributed by atoms with E-state index in [0.717, 1.165) is 22.8 Å². The van der Waals surface area contributed by atoms with E-state index in [-0.39, 0.29) is 36.8 Å². The molecular weight excluding hydrogens is 732 g/mol. The molecule has 3 aromatic rings. The van der Waals surface area contributed by atoms with Crippen LogP contribution < -0.4 is 22.1 Å². The van der Waals surface area contributed by atoms with Crippen molar-refractivity contribution in [1.82, 2.24) is 10.6 Å². The molecule has 0 spiro atoms. The van der Waals surface area contributed by atoms with Crippen LogP contribution in [-0.2, 0) is 40.0 Å². The highest BCUT2D eigenvalue weighted by atomic mass is 16.4. The summed E-state index contributed by atoms with van der Waals surface area (Å²) in [6, 6.07) is 19.3. The number of carboxylic acid groups (broad SMARTS) is 3. The van der Waals surface area contributed by atoms with Crippen molar-refractivity contribution < 1.29 is 48.9 Å². The van der Waals surface area contributed by atoms with Crippen LogP contribution in [0.15, 0.2) is 78.9 Å². The highest BCUT2D eigenvalue weighted by Gasteiger charge is 2.42. The molecule has 0 aromatic heterocycles. The zero-order valence-electron chi connectivity index (χ0n) is 31.6. The number of nitrogens with one attached hydrogen (secondary N) is 2. The number of benzene rings is 3. The van der Waals surface area contributed by atoms with Crippen molar-refractivity contribution in [2.45, 2.75) is 81.6 Å². The van der Waals surface area contributed by atoms with E-state index in [0.29, 0.717) is 44.1 Å². The predicted molar refractivity (Wildman–Crippen MR) is 212 cm³/mol. The monoisotopic (exact) mass is 782 g/mol. The molecule has 14 nitrogen and oxygen atoms in total. The van der Waals surface area contributed by atoms with Gasteiger partial charge in [0.1, 0.15) is 5.54 Å². The van der Waals surface area contributed by atoms with Gasteiger partial charge in [0, 0.05) is 25.3 Å². The topological polar surface area (TPSA) is 256 Å². The van der Waals surface area contributed by atoms with E-state index in [9.17, 15) is 48.9 Å². The number of carbonyl (C=O) groups excluding carboxylic acids is 4. The van der Waals surface area contributed by atoms with Gasteiger partial charge in [0.05, 0.1) is 12.3 Å². The van der Waals surface area contributed by atoms with E-state index >= 15 is 0 Å². The lowest BCUT2D eigenvalue weighted by Crippen LogP contribution is -2.60. The molecule has 9 N–H and O–H groups in total. The standard InChI is InChI=1S/C41H48N4O10.C2H2/c42-33(46)18-19-34(47)44-24-25(22-29-11-7-10-26-9-2-3-12-30(26)29)8-6-13-31(27-14-16-28(17-15-27)36(38(51)52)39(53)54)32(23-35(48)49)37(50)45-41(40(43)55)20-4-1-5-21-41;1-2/h2-3,6-7,9-17,25,31-32,36H,1,4-5,8,18-24H2,(H2,42,46)(H2,43,55)(H,44,47)(H,45,50)(H,48,49)(H,51,52)(H,53,54);1-2H/b13-6+;/t25-,31+,32-;/m0./s1. The van der Waals surface area contributed by atoms with Crippen molar-refractivity contribution in [2.75, 3.05) is 6.54 Å². The molecule has 4 rings (SSSR count). The Morgan fingerprint density at radius 1 is 0.789 bits per heavy atom. The van der Waals surface area contributed by atoms with Crippen LogP contribution >= 0.6 is 0 Å². The van der Waals surface area contributed by atoms with Crippen molar-refractivity contribution >= 4 is 52.3 Å². The Labute approximate surface area is 331 Å². The largest absolute Gasteiger partial charge is 0.481 e. The number of nitrogens with two attached hydrogens (primary N) is 2. The second-order valence-corrected chi connectivity index (χ2v) is 14.1. The first-order valence-corrected chi connectivity index (χ1v) is 18.6. The first-order valence-electron chi connectivity index (χ1n) is 18.6. The van der Waals surface area contributed by atoms with Gasteiger partial charge < -0.3 is 37.4 Å². The Hall–Kier alpha value is -6.49. The summed E-state index contributed by atoms with van der Waals surface area (Å²) in [5.41, 5.74) is 11.1. The molecular formula is C43H50N4O10. The number of terminal acetylenes is 1. The number of hydrogen-bond acceptors (Lipinski definition) is 7. The summed E-state index contributed by atoms with van der Waals surface area (Å²) in [6.45, 7) is 0.219. The Balaban J connectivity index is 0.00000428. The fourth-order valence-electron chi connectivity index (χ4n) is 7.29. The normalized spacial score (nSPS) is 15.0. The van der Waals surface area contributed by atoms with Gasteiger partial charge in [-0.15, -0.1) is 12.8 Å². The first-order chi connectivity index (χ1) is 27.2. The maximum atomic E-state index is 14.1. The SMILES string of the molecule is C#C.NC(=O)CCC(=O)NC[C@@H](C/C=C/[C@H](c1ccc(C(C(=O)O)C(=O)O)cc1)[C@H](CC(=O)O)C(=O)NC1(C(N)=O)CCCCC1)Cc1cccc2ccccc12. The Morgan fingerprint density at radius 3 is 2.00 bits per heavy atom. The second-order valence-electron chi connectivity index (χ2n) is 14.1. The average molecular weight is 783 g/mol. The fraction of sp³-hybridized carbons (Fsp3) is 0.372. The Kier molecular flexibility index (Phi) is 17.0. The number of carbonyl (C=O) groups is 7. The van der Waals surface area contributed by atoms with Crippen molar-refractivity contribution in [2.24, 2.45) is 23.3 Å². The highest BCUT2D eigenvalue weighted by molar-refractivity contribution is 5.99. The van der Waals surface area contributed by atoms with Gasteiger partial charge >= 0.3 is 17.9 Å². The Bertz CT molecular complexity index is 1950. The molecule has 3 aromatic carbocycles. The molecule has 302 valence electrons. The molecule has 0 bridgehead atoms. The number of amides is 4. The molecule has 3 atom stereocenters. The van der Waals surface area contributed by atoms with E-state index in [1.165, 1.54) is 24.3 Å². The van der Waals surface area contributed by atoms with Crippen LogP contribution in [0.4, 0.5) is 0 Å². The highest BCUT2D eigenvalue weighted by Crippen LogP contribution is 2.34. The number of carboxylic acids is 3. The van der Waals surface area contributed by atoms with Crippen LogP contribution in [-0.4, -0.2) is 68.9 Å². The van der Waals surface area contributed by atoms with E-state index in [2.05, 4.69) is 23.5 Å². The van der Waals surface area contributed by atoms with Gasteiger partial charge in [0.15, 0.2) is 5.92 Å². The number of primary amides is 2. The van der Waals surface area contributed by atoms with E-state index in [4.69, 9.17) is 11.5 Å². The molecule has 0 heterocycles. The molecule has 1 aliphatic rings. The van der Waals surface area contributed by atoms with Crippen LogP contribution in [0, 0.1) is 24.7 Å². The predicted octanol–water partition coefficient (Wildman–Crippen LogP) is 4.01. The lowest BCUT2D eigenvalue weighted by molar-refractivity contribution is -0.150. The number of fused-ring (bicyclic) bond motifs is 1. The van der Waals surface area contributed by atoms with Crippen molar-refractivity contribution in [1.29, 1.82) is 0 Å². The number of rotatable bonds is 20. The quantitative estimate of drug-likeness (QED) is 0.0492. The first kappa shape index (κ1) is 44.9. The molecule has 57 heavy (non-hydrogen) atoms. The Morgan fingerprint density at radius 2 is 1.40 bits per heavy atom. The summed E-state index contributed by atoms with van der Waals surface area (Å²) >= 11 is 0. The van der Waals surface area contributed by atoms with Crippen LogP contribution in [0.1, 0.15) is 86.3 Å². The fourth-order valence-corrected chi connectivity index (χ4v) is 7.29. The van der Waals surface area contributed by atoms with Crippen molar-refractivity contribution in [3.8, 4) is 12.8 Å². The average Bonchev–Trinajstić information content (AvgIpc) is 3.18. The third-order valence-corrected chi connectivity index (χ3v) is 10.2. The van der Waals surface area contributed by atoms with Crippen molar-refractivity contribution in [3.63, 3.8) is 0 Å². The van der Waals surface area contributed by atoms with E-state index in [1.807, 2.05) is 42.5 Å². The maximum Gasteiger partial charge on any atom is 0.322 e. The van der Waals surface area contributed by atoms with Gasteiger partial charge in [0.2, 0.25) is 23.6 Å². The summed E-state index contributed by atoms with van der Waals surface area (Å²) in [5, 5.41) is 36.8. The molecule has 0 unspecified atom stereocenters. The van der Waals surface area contributed by atoms with Gasteiger partial charge in [0.25, 0.3) is 0 Å². The smallest absolute Gasteiger partial charge is 0.322 e. The molecule has 0 radical (unpaired) electrons. The molecule has 14 heteroatoms. The van der Waals surface area contributed by atoms with Crippen molar-refractivity contribution in [3.05, 3.63) is 95.6 Å². The summed E-state index contributed by atoms with van der Waals surface area (Å²) in [7, 11) is 0. The van der Waals surface area contributed by atoms with Crippen LogP contribution in [0.5, 0.6) is 0 Å². The van der Waals surface area contributed by atoms with Crippen LogP contribution in [0.2, 0.25) is 0 Å². The zero-order chi connectivity index (χ0) is 42.1. The number of allylic oxidation sites excluding steroid dienone is 2. The third-order valence-electron chi connectivity index (χ3n) is 10.2. The molecule has 1 aliphatic carbocycles. The maximum absolute atomic E-state index is 14.1. The van der Waals surface area contributed by atoms with Gasteiger partial charge in [-0.1, -0.05) is 98.1 Å². The third kappa shape index (κ3) is 12.8. The minimum atomic E-state index is -1.85. The van der Waals surface area contributed by atoms with E-state index in [1.54, 1.807) is 12.2 Å². The van der Waals surface area contributed by atoms with Gasteiger partial charge in [-0.05, 0) is 59.1 Å². The van der Waals surface area contributed by atoms with Gasteiger partial charge in [-0.2, -0.15) is 0 Å². The summed E-state index contributed by atoms with van der Waals surface area (Å²) < 4.78 is 0. The molecule has 0 saturated heterocycles. The molecule has 1 saturated carbocycles. The van der Waals surface area contributed by atoms with Gasteiger partial charge in [-0.25, -0.2) is 0 Å². The lowest BCUT2D eigenvalue weighted by Gasteiger charge is -2.37. The molecule has 1 fully saturated rings. The minimum Gasteiger partial charge on any atom is -0.481 e.